The Morgan fingerprint density at radius 1 is 1.50 bits per heavy atom. The van der Waals surface area contributed by atoms with Gasteiger partial charge in [0.15, 0.2) is 0 Å². The summed E-state index contributed by atoms with van der Waals surface area (Å²) in [5, 5.41) is 9.80. The first-order valence-electron chi connectivity index (χ1n) is 5.47. The lowest BCUT2D eigenvalue weighted by atomic mass is 10.1. The number of aliphatic hydroxyl groups excluding tert-OH is 1. The minimum atomic E-state index is -0.418. The summed E-state index contributed by atoms with van der Waals surface area (Å²) in [6, 6.07) is 5.94. The Hall–Kier alpha value is -1.55. The van der Waals surface area contributed by atoms with Crippen LogP contribution in [-0.4, -0.2) is 35.6 Å². The van der Waals surface area contributed by atoms with E-state index in [0.717, 1.165) is 42.3 Å². The number of methoxy groups -OCH3 is 1. The molecule has 0 bridgehead atoms. The molecule has 1 atom stereocenters. The predicted molar refractivity (Wildman–Crippen MR) is 61.1 cm³/mol. The number of fused-ring (bicyclic) bond motifs is 2. The lowest BCUT2D eigenvalue weighted by Gasteiger charge is -2.26. The van der Waals surface area contributed by atoms with Crippen LogP contribution in [0.2, 0.25) is 0 Å². The molecule has 0 amide bonds. The SMILES string of the molecule is COc1cccc2c1N=C1C(O)CCN1C2. The van der Waals surface area contributed by atoms with E-state index < -0.39 is 6.10 Å². The zero-order valence-corrected chi connectivity index (χ0v) is 9.18. The fourth-order valence-corrected chi connectivity index (χ4v) is 2.34. The number of benzene rings is 1. The lowest BCUT2D eigenvalue weighted by Crippen LogP contribution is -2.31. The smallest absolute Gasteiger partial charge is 0.144 e. The van der Waals surface area contributed by atoms with Gasteiger partial charge in [0.05, 0.1) is 7.11 Å². The maximum absolute atomic E-state index is 9.80. The van der Waals surface area contributed by atoms with Crippen LogP contribution >= 0.6 is 0 Å². The molecule has 2 heterocycles. The molecular formula is C12H14N2O2. The number of nitrogens with zero attached hydrogens (tertiary/aromatic N) is 2. The van der Waals surface area contributed by atoms with Crippen molar-refractivity contribution >= 4 is 11.5 Å². The molecule has 16 heavy (non-hydrogen) atoms. The Labute approximate surface area is 94.2 Å². The monoisotopic (exact) mass is 218 g/mol. The van der Waals surface area contributed by atoms with Crippen molar-refractivity contribution < 1.29 is 9.84 Å². The lowest BCUT2D eigenvalue weighted by molar-refractivity contribution is 0.245. The molecule has 1 unspecified atom stereocenters. The van der Waals surface area contributed by atoms with Gasteiger partial charge in [-0.1, -0.05) is 12.1 Å². The van der Waals surface area contributed by atoms with Crippen molar-refractivity contribution in [2.45, 2.75) is 19.1 Å². The van der Waals surface area contributed by atoms with Crippen molar-refractivity contribution in [3.8, 4) is 5.75 Å². The molecule has 1 aromatic rings. The topological polar surface area (TPSA) is 45.1 Å². The number of aliphatic imine (C=N–C) groups is 1. The zero-order chi connectivity index (χ0) is 11.1. The third-order valence-electron chi connectivity index (χ3n) is 3.18. The second-order valence-corrected chi connectivity index (χ2v) is 4.16. The third kappa shape index (κ3) is 1.30. The summed E-state index contributed by atoms with van der Waals surface area (Å²) in [5.41, 5.74) is 2.04. The quantitative estimate of drug-likeness (QED) is 0.773. The van der Waals surface area contributed by atoms with Crippen LogP contribution in [0.5, 0.6) is 5.75 Å². The first kappa shape index (κ1) is 9.66. The number of ether oxygens (including phenoxy) is 1. The molecule has 0 saturated carbocycles. The van der Waals surface area contributed by atoms with E-state index in [4.69, 9.17) is 4.74 Å². The molecule has 2 aliphatic heterocycles. The van der Waals surface area contributed by atoms with Gasteiger partial charge in [-0.2, -0.15) is 0 Å². The van der Waals surface area contributed by atoms with Crippen molar-refractivity contribution in [1.82, 2.24) is 4.90 Å². The Kier molecular flexibility index (Phi) is 2.11. The van der Waals surface area contributed by atoms with E-state index in [-0.39, 0.29) is 0 Å². The Morgan fingerprint density at radius 3 is 3.19 bits per heavy atom. The van der Waals surface area contributed by atoms with E-state index in [0.29, 0.717) is 0 Å². The third-order valence-corrected chi connectivity index (χ3v) is 3.18. The standard InChI is InChI=1S/C12H14N2O2/c1-16-10-4-2-3-8-7-14-6-5-9(15)12(14)13-11(8)10/h2-4,9,15H,5-7H2,1H3. The summed E-state index contributed by atoms with van der Waals surface area (Å²) >= 11 is 0. The van der Waals surface area contributed by atoms with Gasteiger partial charge in [-0.05, 0) is 12.5 Å². The molecule has 0 aromatic heterocycles. The number of rotatable bonds is 1. The van der Waals surface area contributed by atoms with E-state index in [1.54, 1.807) is 7.11 Å². The molecule has 0 radical (unpaired) electrons. The molecule has 2 aliphatic rings. The molecule has 4 nitrogen and oxygen atoms in total. The van der Waals surface area contributed by atoms with Crippen LogP contribution in [0.1, 0.15) is 12.0 Å². The highest BCUT2D eigenvalue weighted by Crippen LogP contribution is 2.37. The molecule has 1 fully saturated rings. The first-order valence-corrected chi connectivity index (χ1v) is 5.47. The summed E-state index contributed by atoms with van der Waals surface area (Å²) in [4.78, 5) is 6.66. The van der Waals surface area contributed by atoms with Crippen LogP contribution in [0, 0.1) is 0 Å². The summed E-state index contributed by atoms with van der Waals surface area (Å²) < 4.78 is 5.29. The second-order valence-electron chi connectivity index (χ2n) is 4.16. The number of hydrogen-bond acceptors (Lipinski definition) is 4. The first-order chi connectivity index (χ1) is 7.79. The summed E-state index contributed by atoms with van der Waals surface area (Å²) in [6.45, 7) is 1.71. The van der Waals surface area contributed by atoms with Gasteiger partial charge < -0.3 is 14.7 Å². The van der Waals surface area contributed by atoms with Crippen LogP contribution in [0.25, 0.3) is 0 Å². The van der Waals surface area contributed by atoms with Gasteiger partial charge in [-0.3, -0.25) is 0 Å². The van der Waals surface area contributed by atoms with Gasteiger partial charge in [0.2, 0.25) is 0 Å². The number of amidine groups is 1. The van der Waals surface area contributed by atoms with Gasteiger partial charge in [-0.25, -0.2) is 4.99 Å². The van der Waals surface area contributed by atoms with E-state index in [2.05, 4.69) is 16.0 Å². The fourth-order valence-electron chi connectivity index (χ4n) is 2.34. The largest absolute Gasteiger partial charge is 0.494 e. The van der Waals surface area contributed by atoms with Gasteiger partial charge in [0, 0.05) is 18.7 Å². The van der Waals surface area contributed by atoms with Crippen LogP contribution in [0.3, 0.4) is 0 Å². The Bertz CT molecular complexity index is 456. The highest BCUT2D eigenvalue weighted by molar-refractivity contribution is 5.93. The summed E-state index contributed by atoms with van der Waals surface area (Å²) in [5.74, 6) is 1.57. The van der Waals surface area contributed by atoms with E-state index in [1.807, 2.05) is 12.1 Å². The van der Waals surface area contributed by atoms with Crippen molar-refractivity contribution in [2.24, 2.45) is 4.99 Å². The van der Waals surface area contributed by atoms with Gasteiger partial charge >= 0.3 is 0 Å². The van der Waals surface area contributed by atoms with Crippen molar-refractivity contribution in [3.05, 3.63) is 23.8 Å². The minimum Gasteiger partial charge on any atom is -0.494 e. The van der Waals surface area contributed by atoms with Crippen LogP contribution < -0.4 is 4.74 Å². The van der Waals surface area contributed by atoms with Gasteiger partial charge in [-0.15, -0.1) is 0 Å². The number of hydrogen-bond donors (Lipinski definition) is 1. The van der Waals surface area contributed by atoms with Crippen LogP contribution in [-0.2, 0) is 6.54 Å². The number of para-hydroxylation sites is 1. The average Bonchev–Trinajstić information content (AvgIpc) is 2.67. The van der Waals surface area contributed by atoms with Crippen LogP contribution in [0.4, 0.5) is 5.69 Å². The van der Waals surface area contributed by atoms with Crippen molar-refractivity contribution in [2.75, 3.05) is 13.7 Å². The molecule has 0 spiro atoms. The fraction of sp³-hybridized carbons (Fsp3) is 0.417. The molecule has 4 heteroatoms. The van der Waals surface area contributed by atoms with Crippen LogP contribution in [0.15, 0.2) is 23.2 Å². The molecule has 1 saturated heterocycles. The zero-order valence-electron chi connectivity index (χ0n) is 9.18. The molecule has 1 N–H and O–H groups in total. The molecule has 84 valence electrons. The van der Waals surface area contributed by atoms with E-state index >= 15 is 0 Å². The van der Waals surface area contributed by atoms with E-state index in [9.17, 15) is 5.11 Å². The average molecular weight is 218 g/mol. The maximum atomic E-state index is 9.80. The van der Waals surface area contributed by atoms with Gasteiger partial charge in [0.25, 0.3) is 0 Å². The summed E-state index contributed by atoms with van der Waals surface area (Å²) in [7, 11) is 1.65. The minimum absolute atomic E-state index is 0.418. The predicted octanol–water partition coefficient (Wildman–Crippen LogP) is 1.31. The molecule has 0 aliphatic carbocycles. The highest BCUT2D eigenvalue weighted by atomic mass is 16.5. The van der Waals surface area contributed by atoms with Gasteiger partial charge in [0.1, 0.15) is 23.4 Å². The molecular weight excluding hydrogens is 204 g/mol. The number of aliphatic hydroxyl groups is 1. The second kappa shape index (κ2) is 3.49. The Balaban J connectivity index is 2.11. The normalized spacial score (nSPS) is 22.5. The van der Waals surface area contributed by atoms with Crippen molar-refractivity contribution in [3.63, 3.8) is 0 Å². The highest BCUT2D eigenvalue weighted by Gasteiger charge is 2.31. The summed E-state index contributed by atoms with van der Waals surface area (Å²) in [6.07, 6.45) is 0.354. The molecule has 3 rings (SSSR count). The molecule has 1 aromatic carbocycles. The Morgan fingerprint density at radius 2 is 2.38 bits per heavy atom. The maximum Gasteiger partial charge on any atom is 0.144 e. The van der Waals surface area contributed by atoms with Crippen molar-refractivity contribution in [1.29, 1.82) is 0 Å². The van der Waals surface area contributed by atoms with E-state index in [1.165, 1.54) is 0 Å².